The molecule has 0 aromatic heterocycles. The second-order valence-electron chi connectivity index (χ2n) is 2.16. The van der Waals surface area contributed by atoms with Gasteiger partial charge in [-0.3, -0.25) is 20.2 Å². The Hall–Kier alpha value is -1.18. The van der Waals surface area contributed by atoms with E-state index < -0.39 is 27.0 Å². The maximum atomic E-state index is 10.3. The van der Waals surface area contributed by atoms with E-state index in [0.717, 1.165) is 12.1 Å². The standard InChI is InChI=1S/C6H4N2O5.Na/c9-5-3-1-2-4(7(10)11)6(5)8(12)13;/h1-3,9H;. The summed E-state index contributed by atoms with van der Waals surface area (Å²) in [6.07, 6.45) is 0. The largest absolute Gasteiger partial charge is 0.502 e. The molecule has 0 saturated carbocycles. The summed E-state index contributed by atoms with van der Waals surface area (Å²) in [6.45, 7) is 0. The van der Waals surface area contributed by atoms with Crippen LogP contribution in [0.15, 0.2) is 18.2 Å². The molecule has 69 valence electrons. The van der Waals surface area contributed by atoms with Gasteiger partial charge >= 0.3 is 11.4 Å². The molecule has 1 N–H and O–H groups in total. The van der Waals surface area contributed by atoms with E-state index in [1.54, 1.807) is 0 Å². The predicted octanol–water partition coefficient (Wildman–Crippen LogP) is 0.828. The van der Waals surface area contributed by atoms with Crippen LogP contribution in [-0.4, -0.2) is 44.5 Å². The van der Waals surface area contributed by atoms with Gasteiger partial charge in [0.2, 0.25) is 5.75 Å². The Balaban J connectivity index is 0.00000169. The third kappa shape index (κ3) is 2.41. The maximum Gasteiger partial charge on any atom is 0.387 e. The zero-order valence-corrected chi connectivity index (χ0v) is 9.21. The van der Waals surface area contributed by atoms with E-state index >= 15 is 0 Å². The third-order valence-electron chi connectivity index (χ3n) is 1.37. The van der Waals surface area contributed by atoms with E-state index in [4.69, 9.17) is 5.11 Å². The Labute approximate surface area is 99.9 Å². The van der Waals surface area contributed by atoms with Gasteiger partial charge in [-0.25, -0.2) is 0 Å². The van der Waals surface area contributed by atoms with Crippen LogP contribution in [0.3, 0.4) is 0 Å². The minimum absolute atomic E-state index is 0. The summed E-state index contributed by atoms with van der Waals surface area (Å²) >= 11 is 0. The molecular weight excluding hydrogens is 203 g/mol. The minimum Gasteiger partial charge on any atom is -0.502 e. The number of nitro groups is 2. The topological polar surface area (TPSA) is 107 Å². The van der Waals surface area contributed by atoms with Crippen molar-refractivity contribution < 1.29 is 15.0 Å². The molecule has 0 aliphatic carbocycles. The van der Waals surface area contributed by atoms with Crippen LogP contribution in [0.1, 0.15) is 0 Å². The van der Waals surface area contributed by atoms with Crippen molar-refractivity contribution in [3.05, 3.63) is 38.4 Å². The molecule has 0 atom stereocenters. The molecule has 0 spiro atoms. The van der Waals surface area contributed by atoms with Gasteiger partial charge in [0, 0.05) is 35.6 Å². The van der Waals surface area contributed by atoms with Crippen LogP contribution in [0.2, 0.25) is 0 Å². The fraction of sp³-hybridized carbons (Fsp3) is 0. The van der Waals surface area contributed by atoms with Crippen molar-refractivity contribution >= 4 is 40.9 Å². The Morgan fingerprint density at radius 2 is 1.71 bits per heavy atom. The number of para-hydroxylation sites is 1. The first-order valence-corrected chi connectivity index (χ1v) is 3.15. The van der Waals surface area contributed by atoms with Crippen molar-refractivity contribution in [3.8, 4) is 5.75 Å². The van der Waals surface area contributed by atoms with Gasteiger partial charge in [-0.05, 0) is 6.07 Å². The average molecular weight is 207 g/mol. The Morgan fingerprint density at radius 3 is 2.07 bits per heavy atom. The number of benzene rings is 1. The molecule has 0 fully saturated rings. The monoisotopic (exact) mass is 207 g/mol. The van der Waals surface area contributed by atoms with E-state index in [1.165, 1.54) is 6.07 Å². The normalized spacial score (nSPS) is 8.86. The maximum absolute atomic E-state index is 10.3. The van der Waals surface area contributed by atoms with Crippen molar-refractivity contribution in [2.75, 3.05) is 0 Å². The number of nitrogens with zero attached hydrogens (tertiary/aromatic N) is 2. The van der Waals surface area contributed by atoms with Crippen molar-refractivity contribution in [2.24, 2.45) is 0 Å². The second kappa shape index (κ2) is 4.89. The number of phenols is 1. The summed E-state index contributed by atoms with van der Waals surface area (Å²) in [7, 11) is 0. The van der Waals surface area contributed by atoms with E-state index in [0.29, 0.717) is 0 Å². The Kier molecular flexibility index (Phi) is 4.48. The van der Waals surface area contributed by atoms with Gasteiger partial charge in [-0.2, -0.15) is 0 Å². The molecular formula is C6H4N2NaO5. The van der Waals surface area contributed by atoms with Crippen LogP contribution in [0, 0.1) is 20.2 Å². The first kappa shape index (κ1) is 12.8. The van der Waals surface area contributed by atoms with Gasteiger partial charge in [-0.1, -0.05) is 6.07 Å². The van der Waals surface area contributed by atoms with Crippen molar-refractivity contribution in [3.63, 3.8) is 0 Å². The fourth-order valence-electron chi connectivity index (χ4n) is 0.854. The van der Waals surface area contributed by atoms with E-state index in [9.17, 15) is 20.2 Å². The van der Waals surface area contributed by atoms with Gasteiger partial charge in [0.1, 0.15) is 0 Å². The molecule has 7 nitrogen and oxygen atoms in total. The van der Waals surface area contributed by atoms with Gasteiger partial charge in [-0.15, -0.1) is 0 Å². The number of nitro benzene ring substituents is 2. The third-order valence-corrected chi connectivity index (χ3v) is 1.37. The summed E-state index contributed by atoms with van der Waals surface area (Å²) in [6, 6.07) is 3.14. The van der Waals surface area contributed by atoms with Gasteiger partial charge < -0.3 is 5.11 Å². The van der Waals surface area contributed by atoms with Crippen molar-refractivity contribution in [1.82, 2.24) is 0 Å². The number of rotatable bonds is 2. The molecule has 0 unspecified atom stereocenters. The Bertz CT molecular complexity index is 380. The first-order chi connectivity index (χ1) is 6.04. The van der Waals surface area contributed by atoms with Crippen LogP contribution in [-0.2, 0) is 0 Å². The summed E-state index contributed by atoms with van der Waals surface area (Å²) in [4.78, 5) is 18.6. The summed E-state index contributed by atoms with van der Waals surface area (Å²) in [5.41, 5.74) is -1.60. The number of hydrogen-bond donors (Lipinski definition) is 1. The molecule has 1 aromatic rings. The molecule has 1 aromatic carbocycles. The van der Waals surface area contributed by atoms with Crippen LogP contribution < -0.4 is 0 Å². The zero-order valence-electron chi connectivity index (χ0n) is 7.21. The van der Waals surface area contributed by atoms with Crippen molar-refractivity contribution in [1.29, 1.82) is 0 Å². The molecule has 0 aliphatic heterocycles. The smallest absolute Gasteiger partial charge is 0.387 e. The first-order valence-electron chi connectivity index (χ1n) is 3.15. The second-order valence-corrected chi connectivity index (χ2v) is 2.16. The van der Waals surface area contributed by atoms with E-state index in [-0.39, 0.29) is 29.6 Å². The summed E-state index contributed by atoms with van der Waals surface area (Å²) in [5.74, 6) is -0.709. The van der Waals surface area contributed by atoms with Gasteiger partial charge in [0.15, 0.2) is 0 Å². The molecule has 0 bridgehead atoms. The summed E-state index contributed by atoms with van der Waals surface area (Å²) in [5, 5.41) is 29.5. The van der Waals surface area contributed by atoms with Gasteiger partial charge in [0.05, 0.1) is 9.85 Å². The molecule has 0 heterocycles. The number of aromatic hydroxyl groups is 1. The molecule has 0 aliphatic rings. The summed E-state index contributed by atoms with van der Waals surface area (Å²) < 4.78 is 0. The number of hydrogen-bond acceptors (Lipinski definition) is 5. The van der Waals surface area contributed by atoms with Crippen LogP contribution in [0.5, 0.6) is 5.75 Å². The molecule has 1 rings (SSSR count). The molecule has 1 radical (unpaired) electrons. The van der Waals surface area contributed by atoms with Crippen LogP contribution >= 0.6 is 0 Å². The minimum atomic E-state index is -0.993. The van der Waals surface area contributed by atoms with E-state index in [2.05, 4.69) is 0 Å². The quantitative estimate of drug-likeness (QED) is 0.439. The fourth-order valence-corrected chi connectivity index (χ4v) is 0.854. The molecule has 14 heavy (non-hydrogen) atoms. The molecule has 0 saturated heterocycles. The Morgan fingerprint density at radius 1 is 1.14 bits per heavy atom. The van der Waals surface area contributed by atoms with Crippen LogP contribution in [0.4, 0.5) is 11.4 Å². The predicted molar refractivity (Wildman–Crippen MR) is 47.2 cm³/mol. The average Bonchev–Trinajstić information content (AvgIpc) is 2.02. The SMILES string of the molecule is O=[N+]([O-])c1cccc(O)c1[N+](=O)[O-].[Na]. The van der Waals surface area contributed by atoms with Gasteiger partial charge in [0.25, 0.3) is 0 Å². The van der Waals surface area contributed by atoms with E-state index in [1.807, 2.05) is 0 Å². The molecule has 8 heteroatoms. The van der Waals surface area contributed by atoms with Crippen LogP contribution in [0.25, 0.3) is 0 Å². The van der Waals surface area contributed by atoms with Crippen molar-refractivity contribution in [2.45, 2.75) is 0 Å². The number of phenolic OH excluding ortho intramolecular Hbond substituents is 1. The molecule has 0 amide bonds. The zero-order chi connectivity index (χ0) is 10.0.